The van der Waals surface area contributed by atoms with E-state index >= 15 is 0 Å². The highest BCUT2D eigenvalue weighted by Crippen LogP contribution is 2.37. The predicted octanol–water partition coefficient (Wildman–Crippen LogP) is 4.19. The second-order valence-corrected chi connectivity index (χ2v) is 4.87. The summed E-state index contributed by atoms with van der Waals surface area (Å²) in [6.07, 6.45) is 1.29. The number of anilines is 1. The van der Waals surface area contributed by atoms with E-state index in [0.717, 1.165) is 0 Å². The maximum Gasteiger partial charge on any atom is 0.387 e. The number of rotatable bonds is 4. The van der Waals surface area contributed by atoms with Gasteiger partial charge in [-0.3, -0.25) is 0 Å². The van der Waals surface area contributed by atoms with Crippen molar-refractivity contribution in [1.82, 2.24) is 4.98 Å². The Hall–Kier alpha value is -2.24. The molecule has 0 amide bonds. The molecule has 0 radical (unpaired) electrons. The molecule has 0 atom stereocenters. The SMILES string of the molecule is CC(C)c1cc(OC(F)F)cc(-c2ccnc(F)c2)c1N. The van der Waals surface area contributed by atoms with E-state index in [-0.39, 0.29) is 11.7 Å². The number of halogens is 3. The van der Waals surface area contributed by atoms with Crippen LogP contribution < -0.4 is 10.5 Å². The second kappa shape index (κ2) is 6.03. The minimum Gasteiger partial charge on any atom is -0.435 e. The summed E-state index contributed by atoms with van der Waals surface area (Å²) in [6.45, 7) is 0.833. The van der Waals surface area contributed by atoms with Gasteiger partial charge < -0.3 is 10.5 Å². The third-order valence-electron chi connectivity index (χ3n) is 3.07. The van der Waals surface area contributed by atoms with E-state index in [4.69, 9.17) is 5.73 Å². The van der Waals surface area contributed by atoms with Crippen molar-refractivity contribution < 1.29 is 17.9 Å². The minimum absolute atomic E-state index is 0.00452. The zero-order valence-electron chi connectivity index (χ0n) is 11.6. The van der Waals surface area contributed by atoms with Crippen molar-refractivity contribution in [2.75, 3.05) is 5.73 Å². The molecule has 0 aliphatic heterocycles. The van der Waals surface area contributed by atoms with E-state index in [0.29, 0.717) is 22.4 Å². The van der Waals surface area contributed by atoms with E-state index in [2.05, 4.69) is 9.72 Å². The summed E-state index contributed by atoms with van der Waals surface area (Å²) in [5.41, 5.74) is 8.06. The highest BCUT2D eigenvalue weighted by molar-refractivity contribution is 5.80. The Bertz CT molecular complexity index is 645. The third kappa shape index (κ3) is 3.45. The summed E-state index contributed by atoms with van der Waals surface area (Å²) < 4.78 is 42.6. The van der Waals surface area contributed by atoms with Gasteiger partial charge in [-0.05, 0) is 35.2 Å². The van der Waals surface area contributed by atoms with Crippen LogP contribution in [0.3, 0.4) is 0 Å². The number of nitrogens with zero attached hydrogens (tertiary/aromatic N) is 1. The van der Waals surface area contributed by atoms with Gasteiger partial charge in [0, 0.05) is 23.5 Å². The molecule has 0 saturated carbocycles. The Balaban J connectivity index is 2.60. The number of pyridine rings is 1. The van der Waals surface area contributed by atoms with Gasteiger partial charge in [0.2, 0.25) is 5.95 Å². The smallest absolute Gasteiger partial charge is 0.387 e. The lowest BCUT2D eigenvalue weighted by atomic mass is 9.94. The van der Waals surface area contributed by atoms with Crippen LogP contribution in [0, 0.1) is 5.95 Å². The molecule has 2 aromatic rings. The number of ether oxygens (including phenoxy) is 1. The molecule has 0 fully saturated rings. The first kappa shape index (κ1) is 15.2. The monoisotopic (exact) mass is 296 g/mol. The lowest BCUT2D eigenvalue weighted by molar-refractivity contribution is -0.0498. The van der Waals surface area contributed by atoms with Gasteiger partial charge in [0.15, 0.2) is 0 Å². The van der Waals surface area contributed by atoms with Crippen molar-refractivity contribution in [3.8, 4) is 16.9 Å². The Labute approximate surface area is 120 Å². The first-order valence-electron chi connectivity index (χ1n) is 6.38. The fraction of sp³-hybridized carbons (Fsp3) is 0.267. The molecule has 1 heterocycles. The van der Waals surface area contributed by atoms with E-state index in [1.165, 1.54) is 24.4 Å². The van der Waals surface area contributed by atoms with Crippen LogP contribution >= 0.6 is 0 Å². The van der Waals surface area contributed by atoms with Gasteiger partial charge >= 0.3 is 6.61 Å². The molecule has 1 aromatic heterocycles. The lowest BCUT2D eigenvalue weighted by Crippen LogP contribution is -2.05. The lowest BCUT2D eigenvalue weighted by Gasteiger charge is -2.17. The topological polar surface area (TPSA) is 48.1 Å². The molecular formula is C15H15F3N2O. The predicted molar refractivity (Wildman–Crippen MR) is 74.8 cm³/mol. The summed E-state index contributed by atoms with van der Waals surface area (Å²) in [5, 5.41) is 0. The van der Waals surface area contributed by atoms with Crippen LogP contribution in [-0.2, 0) is 0 Å². The molecule has 0 aliphatic rings. The molecule has 21 heavy (non-hydrogen) atoms. The molecule has 1 aromatic carbocycles. The molecule has 3 nitrogen and oxygen atoms in total. The highest BCUT2D eigenvalue weighted by atomic mass is 19.3. The summed E-state index contributed by atoms with van der Waals surface area (Å²) in [7, 11) is 0. The van der Waals surface area contributed by atoms with Crippen molar-refractivity contribution >= 4 is 5.69 Å². The van der Waals surface area contributed by atoms with Crippen LogP contribution in [-0.4, -0.2) is 11.6 Å². The molecule has 0 aliphatic carbocycles. The van der Waals surface area contributed by atoms with Gasteiger partial charge in [0.25, 0.3) is 0 Å². The molecular weight excluding hydrogens is 281 g/mol. The van der Waals surface area contributed by atoms with E-state index in [9.17, 15) is 13.2 Å². The number of hydrogen-bond donors (Lipinski definition) is 1. The molecule has 112 valence electrons. The number of nitrogens with two attached hydrogens (primary N) is 1. The average Bonchev–Trinajstić information content (AvgIpc) is 2.39. The largest absolute Gasteiger partial charge is 0.435 e. The maximum atomic E-state index is 13.3. The quantitative estimate of drug-likeness (QED) is 0.679. The number of benzene rings is 1. The number of nitrogen functional groups attached to an aromatic ring is 1. The highest BCUT2D eigenvalue weighted by Gasteiger charge is 2.15. The van der Waals surface area contributed by atoms with Crippen LogP contribution in [0.25, 0.3) is 11.1 Å². The van der Waals surface area contributed by atoms with Crippen LogP contribution in [0.1, 0.15) is 25.3 Å². The fourth-order valence-corrected chi connectivity index (χ4v) is 2.11. The Morgan fingerprint density at radius 3 is 2.48 bits per heavy atom. The Kier molecular flexibility index (Phi) is 4.35. The van der Waals surface area contributed by atoms with Crippen LogP contribution in [0.4, 0.5) is 18.9 Å². The zero-order valence-corrected chi connectivity index (χ0v) is 11.6. The molecule has 2 rings (SSSR count). The van der Waals surface area contributed by atoms with Gasteiger partial charge in [0.1, 0.15) is 5.75 Å². The van der Waals surface area contributed by atoms with Crippen molar-refractivity contribution in [3.05, 3.63) is 42.0 Å². The molecule has 0 unspecified atom stereocenters. The van der Waals surface area contributed by atoms with E-state index in [1.807, 2.05) is 13.8 Å². The van der Waals surface area contributed by atoms with Crippen LogP contribution in [0.2, 0.25) is 0 Å². The Morgan fingerprint density at radius 2 is 1.90 bits per heavy atom. The second-order valence-electron chi connectivity index (χ2n) is 4.87. The maximum absolute atomic E-state index is 13.3. The average molecular weight is 296 g/mol. The van der Waals surface area contributed by atoms with Crippen molar-refractivity contribution in [2.24, 2.45) is 0 Å². The summed E-state index contributed by atoms with van der Waals surface area (Å²) in [6, 6.07) is 5.61. The number of alkyl halides is 2. The van der Waals surface area contributed by atoms with Gasteiger partial charge in [-0.2, -0.15) is 13.2 Å². The molecule has 6 heteroatoms. The first-order chi connectivity index (χ1) is 9.88. The molecule has 0 saturated heterocycles. The van der Waals surface area contributed by atoms with E-state index < -0.39 is 12.6 Å². The summed E-state index contributed by atoms with van der Waals surface area (Å²) >= 11 is 0. The van der Waals surface area contributed by atoms with Crippen molar-refractivity contribution in [2.45, 2.75) is 26.4 Å². The fourth-order valence-electron chi connectivity index (χ4n) is 2.11. The van der Waals surface area contributed by atoms with Crippen LogP contribution in [0.5, 0.6) is 5.75 Å². The van der Waals surface area contributed by atoms with Crippen molar-refractivity contribution in [1.29, 1.82) is 0 Å². The first-order valence-corrected chi connectivity index (χ1v) is 6.38. The molecule has 0 bridgehead atoms. The number of aromatic nitrogens is 1. The minimum atomic E-state index is -2.93. The normalized spacial score (nSPS) is 11.2. The van der Waals surface area contributed by atoms with Crippen molar-refractivity contribution in [3.63, 3.8) is 0 Å². The van der Waals surface area contributed by atoms with Crippen LogP contribution in [0.15, 0.2) is 30.5 Å². The summed E-state index contributed by atoms with van der Waals surface area (Å²) in [5.74, 6) is -0.662. The Morgan fingerprint density at radius 1 is 1.19 bits per heavy atom. The zero-order chi connectivity index (χ0) is 15.6. The van der Waals surface area contributed by atoms with E-state index in [1.54, 1.807) is 6.07 Å². The van der Waals surface area contributed by atoms with Gasteiger partial charge in [0.05, 0.1) is 0 Å². The van der Waals surface area contributed by atoms with Gasteiger partial charge in [-0.1, -0.05) is 13.8 Å². The molecule has 0 spiro atoms. The third-order valence-corrected chi connectivity index (χ3v) is 3.07. The summed E-state index contributed by atoms with van der Waals surface area (Å²) in [4.78, 5) is 3.46. The number of hydrogen-bond acceptors (Lipinski definition) is 3. The van der Waals surface area contributed by atoms with Gasteiger partial charge in [-0.25, -0.2) is 4.98 Å². The standard InChI is InChI=1S/C15H15F3N2O/c1-8(2)11-6-10(21-15(17)18)7-12(14(11)19)9-3-4-20-13(16)5-9/h3-8,15H,19H2,1-2H3. The van der Waals surface area contributed by atoms with Gasteiger partial charge in [-0.15, -0.1) is 0 Å². The molecule has 2 N–H and O–H groups in total.